The maximum atomic E-state index is 12.6. The molecule has 0 N–H and O–H groups in total. The van der Waals surface area contributed by atoms with Gasteiger partial charge in [-0.05, 0) is 42.3 Å². The second-order valence-corrected chi connectivity index (χ2v) is 6.17. The molecule has 0 saturated carbocycles. The zero-order chi connectivity index (χ0) is 16.8. The van der Waals surface area contributed by atoms with Crippen LogP contribution in [0.5, 0.6) is 5.75 Å². The summed E-state index contributed by atoms with van der Waals surface area (Å²) in [6, 6.07) is 14.5. The third-order valence-electron chi connectivity index (χ3n) is 3.43. The highest BCUT2D eigenvalue weighted by Crippen LogP contribution is 2.20. The molecule has 0 aliphatic rings. The lowest BCUT2D eigenvalue weighted by molar-refractivity contribution is -0.138. The van der Waals surface area contributed by atoms with Gasteiger partial charge in [0.2, 0.25) is 0 Å². The van der Waals surface area contributed by atoms with E-state index in [2.05, 4.69) is 0 Å². The van der Waals surface area contributed by atoms with Crippen LogP contribution in [0.1, 0.15) is 18.9 Å². The van der Waals surface area contributed by atoms with Crippen LogP contribution in [-0.4, -0.2) is 24.0 Å². The van der Waals surface area contributed by atoms with E-state index >= 15 is 0 Å². The third-order valence-corrected chi connectivity index (χ3v) is 3.92. The van der Waals surface area contributed by atoms with Crippen molar-refractivity contribution in [3.63, 3.8) is 0 Å². The average molecular weight is 352 g/mol. The Kier molecular flexibility index (Phi) is 6.31. The highest BCUT2D eigenvalue weighted by molar-refractivity contribution is 6.30. The van der Waals surface area contributed by atoms with Crippen molar-refractivity contribution in [3.05, 3.63) is 64.1 Å². The zero-order valence-corrected chi connectivity index (χ0v) is 14.6. The average Bonchev–Trinajstić information content (AvgIpc) is 2.54. The Morgan fingerprint density at radius 1 is 1.13 bits per heavy atom. The van der Waals surface area contributed by atoms with Crippen LogP contribution in [0.25, 0.3) is 0 Å². The summed E-state index contributed by atoms with van der Waals surface area (Å²) in [6.45, 7) is 2.43. The van der Waals surface area contributed by atoms with Crippen LogP contribution in [-0.2, 0) is 11.3 Å². The number of ether oxygens (including phenoxy) is 1. The van der Waals surface area contributed by atoms with Crippen LogP contribution >= 0.6 is 23.2 Å². The summed E-state index contributed by atoms with van der Waals surface area (Å²) in [5.74, 6) is 0.528. The van der Waals surface area contributed by atoms with Crippen molar-refractivity contribution in [2.24, 2.45) is 0 Å². The van der Waals surface area contributed by atoms with Gasteiger partial charge in [-0.2, -0.15) is 0 Å². The number of hydrogen-bond donors (Lipinski definition) is 0. The first-order chi connectivity index (χ1) is 11.0. The minimum Gasteiger partial charge on any atom is -0.481 e. The molecule has 0 aromatic heterocycles. The molecule has 0 fully saturated rings. The molecule has 5 heteroatoms. The molecular formula is C18H19Cl2NO2. The lowest BCUT2D eigenvalue weighted by atomic mass is 10.2. The Hall–Kier alpha value is -1.71. The summed E-state index contributed by atoms with van der Waals surface area (Å²) in [7, 11) is 1.76. The van der Waals surface area contributed by atoms with E-state index in [-0.39, 0.29) is 5.91 Å². The van der Waals surface area contributed by atoms with Gasteiger partial charge < -0.3 is 9.64 Å². The van der Waals surface area contributed by atoms with Crippen LogP contribution < -0.4 is 4.74 Å². The van der Waals surface area contributed by atoms with Crippen molar-refractivity contribution in [1.82, 2.24) is 4.90 Å². The molecule has 2 aromatic carbocycles. The summed E-state index contributed by atoms with van der Waals surface area (Å²) in [5, 5.41) is 1.26. The van der Waals surface area contributed by atoms with Gasteiger partial charge in [-0.15, -0.1) is 0 Å². The molecule has 0 heterocycles. The van der Waals surface area contributed by atoms with Crippen molar-refractivity contribution in [2.75, 3.05) is 7.05 Å². The molecule has 1 amide bonds. The Labute approximate surface area is 146 Å². The van der Waals surface area contributed by atoms with Gasteiger partial charge >= 0.3 is 0 Å². The van der Waals surface area contributed by atoms with Crippen LogP contribution in [0.4, 0.5) is 0 Å². The summed E-state index contributed by atoms with van der Waals surface area (Å²) in [6.07, 6.45) is 0.0433. The van der Waals surface area contributed by atoms with Gasteiger partial charge in [-0.3, -0.25) is 4.79 Å². The van der Waals surface area contributed by atoms with Gasteiger partial charge in [-0.25, -0.2) is 0 Å². The van der Waals surface area contributed by atoms with Crippen molar-refractivity contribution in [1.29, 1.82) is 0 Å². The van der Waals surface area contributed by atoms with Crippen LogP contribution in [0, 0.1) is 0 Å². The van der Waals surface area contributed by atoms with Crippen molar-refractivity contribution < 1.29 is 9.53 Å². The lowest BCUT2D eigenvalue weighted by Crippen LogP contribution is -2.39. The van der Waals surface area contributed by atoms with Gasteiger partial charge in [-0.1, -0.05) is 48.3 Å². The minimum atomic E-state index is -0.536. The maximum Gasteiger partial charge on any atom is 0.263 e. The number of rotatable bonds is 6. The number of benzene rings is 2. The Morgan fingerprint density at radius 3 is 2.43 bits per heavy atom. The first kappa shape index (κ1) is 17.6. The molecule has 2 rings (SSSR count). The number of carbonyl (C=O) groups excluding carboxylic acids is 1. The quantitative estimate of drug-likeness (QED) is 0.747. The number of halogens is 2. The van der Waals surface area contributed by atoms with Crippen LogP contribution in [0.15, 0.2) is 48.5 Å². The molecule has 3 nitrogen and oxygen atoms in total. The highest BCUT2D eigenvalue weighted by Gasteiger charge is 2.22. The topological polar surface area (TPSA) is 29.5 Å². The van der Waals surface area contributed by atoms with Crippen molar-refractivity contribution >= 4 is 29.1 Å². The number of amides is 1. The molecule has 0 radical (unpaired) electrons. The molecule has 2 aromatic rings. The molecule has 23 heavy (non-hydrogen) atoms. The van der Waals surface area contributed by atoms with Gasteiger partial charge in [0.05, 0.1) is 0 Å². The fourth-order valence-corrected chi connectivity index (χ4v) is 2.51. The molecule has 0 bridgehead atoms. The van der Waals surface area contributed by atoms with Gasteiger partial charge in [0.1, 0.15) is 5.75 Å². The summed E-state index contributed by atoms with van der Waals surface area (Å²) >= 11 is 11.8. The maximum absolute atomic E-state index is 12.6. The summed E-state index contributed by atoms with van der Waals surface area (Å²) < 4.78 is 5.79. The standard InChI is InChI=1S/C18H19Cl2NO2/c1-3-17(23-16-6-4-5-15(20)11-16)18(22)21(2)12-13-7-9-14(19)10-8-13/h4-11,17H,3,12H2,1-2H3/t17-/m1/s1. The van der Waals surface area contributed by atoms with E-state index in [4.69, 9.17) is 27.9 Å². The van der Waals surface area contributed by atoms with Crippen molar-refractivity contribution in [2.45, 2.75) is 26.0 Å². The number of nitrogens with zero attached hydrogens (tertiary/aromatic N) is 1. The fraction of sp³-hybridized carbons (Fsp3) is 0.278. The molecule has 1 atom stereocenters. The highest BCUT2D eigenvalue weighted by atomic mass is 35.5. The zero-order valence-electron chi connectivity index (χ0n) is 13.1. The summed E-state index contributed by atoms with van der Waals surface area (Å²) in [5.41, 5.74) is 1.02. The van der Waals surface area contributed by atoms with Gasteiger partial charge in [0.25, 0.3) is 5.91 Å². The molecule has 122 valence electrons. The molecule has 0 saturated heterocycles. The third kappa shape index (κ3) is 5.15. The smallest absolute Gasteiger partial charge is 0.263 e. The Bertz CT molecular complexity index is 658. The molecular weight excluding hydrogens is 333 g/mol. The van der Waals surface area contributed by atoms with Crippen molar-refractivity contribution in [3.8, 4) is 5.75 Å². The Morgan fingerprint density at radius 2 is 1.83 bits per heavy atom. The molecule has 0 unspecified atom stereocenters. The van der Waals surface area contributed by atoms with E-state index in [9.17, 15) is 4.79 Å². The van der Waals surface area contributed by atoms with E-state index in [1.54, 1.807) is 36.2 Å². The first-order valence-corrected chi connectivity index (χ1v) is 8.17. The van der Waals surface area contributed by atoms with Crippen LogP contribution in [0.2, 0.25) is 10.0 Å². The predicted molar refractivity (Wildman–Crippen MR) is 94.1 cm³/mol. The van der Waals surface area contributed by atoms with Gasteiger partial charge in [0.15, 0.2) is 6.10 Å². The monoisotopic (exact) mass is 351 g/mol. The van der Waals surface area contributed by atoms with E-state index in [0.29, 0.717) is 28.8 Å². The second-order valence-electron chi connectivity index (χ2n) is 5.29. The number of hydrogen-bond acceptors (Lipinski definition) is 2. The molecule has 0 spiro atoms. The lowest BCUT2D eigenvalue weighted by Gasteiger charge is -2.24. The molecule has 0 aliphatic heterocycles. The molecule has 0 aliphatic carbocycles. The fourth-order valence-electron chi connectivity index (χ4n) is 2.20. The minimum absolute atomic E-state index is 0.0672. The van der Waals surface area contributed by atoms with E-state index in [1.807, 2.05) is 31.2 Å². The van der Waals surface area contributed by atoms with E-state index < -0.39 is 6.10 Å². The van der Waals surface area contributed by atoms with Crippen LogP contribution in [0.3, 0.4) is 0 Å². The SMILES string of the molecule is CC[C@@H](Oc1cccc(Cl)c1)C(=O)N(C)Cc1ccc(Cl)cc1. The van der Waals surface area contributed by atoms with E-state index in [1.165, 1.54) is 0 Å². The van der Waals surface area contributed by atoms with Gasteiger partial charge in [0, 0.05) is 23.6 Å². The summed E-state index contributed by atoms with van der Waals surface area (Å²) in [4.78, 5) is 14.2. The van der Waals surface area contributed by atoms with E-state index in [0.717, 1.165) is 5.56 Å². The largest absolute Gasteiger partial charge is 0.481 e. The Balaban J connectivity index is 2.02. The first-order valence-electron chi connectivity index (χ1n) is 7.41. The number of likely N-dealkylation sites (N-methyl/N-ethyl adjacent to an activating group) is 1. The predicted octanol–water partition coefficient (Wildman–Crippen LogP) is 4.81. The second kappa shape index (κ2) is 8.23. The normalized spacial score (nSPS) is 11.8. The number of carbonyl (C=O) groups is 1.